The number of aromatic amines is 1. The van der Waals surface area contributed by atoms with Crippen LogP contribution < -0.4 is 11.3 Å². The highest BCUT2D eigenvalue weighted by Crippen LogP contribution is 2.41. The zero-order valence-electron chi connectivity index (χ0n) is 15.3. The van der Waals surface area contributed by atoms with Gasteiger partial charge in [-0.3, -0.25) is 9.59 Å². The molecule has 150 valence electrons. The molecule has 0 spiro atoms. The number of nitriles is 1. The van der Waals surface area contributed by atoms with Crippen LogP contribution >= 0.6 is 0 Å². The van der Waals surface area contributed by atoms with Gasteiger partial charge in [0.1, 0.15) is 36.2 Å². The van der Waals surface area contributed by atoms with E-state index in [2.05, 4.69) is 10.1 Å². The van der Waals surface area contributed by atoms with E-state index >= 15 is 0 Å². The van der Waals surface area contributed by atoms with Crippen LogP contribution in [-0.2, 0) is 19.9 Å². The number of carbonyl (C=O) groups is 1. The molecule has 0 bridgehead atoms. The molecular weight excluding hydrogens is 370 g/mol. The van der Waals surface area contributed by atoms with Crippen molar-refractivity contribution in [2.45, 2.75) is 43.8 Å². The molecule has 2 aromatic rings. The lowest BCUT2D eigenvalue weighted by Gasteiger charge is -2.29. The second-order valence-corrected chi connectivity index (χ2v) is 6.94. The van der Waals surface area contributed by atoms with Gasteiger partial charge in [-0.15, -0.1) is 0 Å². The van der Waals surface area contributed by atoms with E-state index in [4.69, 9.17) is 15.2 Å². The van der Waals surface area contributed by atoms with Gasteiger partial charge in [0.15, 0.2) is 6.10 Å². The van der Waals surface area contributed by atoms with E-state index in [-0.39, 0.29) is 17.1 Å². The van der Waals surface area contributed by atoms with Crippen molar-refractivity contribution in [1.82, 2.24) is 14.6 Å². The van der Waals surface area contributed by atoms with E-state index < -0.39 is 48.1 Å². The maximum absolute atomic E-state index is 12.4. The van der Waals surface area contributed by atoms with Crippen molar-refractivity contribution >= 4 is 11.5 Å². The number of esters is 1. The summed E-state index contributed by atoms with van der Waals surface area (Å²) >= 11 is 0. The van der Waals surface area contributed by atoms with E-state index in [0.717, 1.165) is 10.8 Å². The van der Waals surface area contributed by atoms with E-state index in [9.17, 15) is 25.1 Å². The molecule has 0 aliphatic carbocycles. The monoisotopic (exact) mass is 391 g/mol. The largest absolute Gasteiger partial charge is 0.454 e. The molecule has 3 heterocycles. The van der Waals surface area contributed by atoms with Gasteiger partial charge >= 0.3 is 5.97 Å². The summed E-state index contributed by atoms with van der Waals surface area (Å²) in [4.78, 5) is 26.8. The number of rotatable bonds is 5. The Bertz CT molecular complexity index is 978. The van der Waals surface area contributed by atoms with Gasteiger partial charge in [0.25, 0.3) is 5.56 Å². The average Bonchev–Trinajstić information content (AvgIpc) is 3.22. The van der Waals surface area contributed by atoms with Crippen molar-refractivity contribution in [3.05, 3.63) is 34.5 Å². The summed E-state index contributed by atoms with van der Waals surface area (Å²) in [5.41, 5.74) is 3.55. The average molecular weight is 391 g/mol. The Labute approximate surface area is 159 Å². The lowest BCUT2D eigenvalue weighted by Crippen LogP contribution is -2.48. The number of aliphatic hydroxyl groups is 2. The van der Waals surface area contributed by atoms with Gasteiger partial charge in [-0.2, -0.15) is 10.4 Å². The minimum Gasteiger partial charge on any atom is -0.454 e. The van der Waals surface area contributed by atoms with Crippen molar-refractivity contribution in [3.63, 3.8) is 0 Å². The first-order valence-electron chi connectivity index (χ1n) is 8.66. The third-order valence-electron chi connectivity index (χ3n) is 4.85. The van der Waals surface area contributed by atoms with Crippen LogP contribution in [-0.4, -0.2) is 61.7 Å². The van der Waals surface area contributed by atoms with Gasteiger partial charge in [-0.05, 0) is 18.1 Å². The van der Waals surface area contributed by atoms with Crippen LogP contribution in [0.25, 0.3) is 5.52 Å². The molecule has 0 radical (unpaired) electrons. The molecule has 11 heteroatoms. The summed E-state index contributed by atoms with van der Waals surface area (Å²) < 4.78 is 12.2. The number of nitrogens with one attached hydrogen (secondary N) is 1. The fourth-order valence-electron chi connectivity index (χ4n) is 3.16. The first kappa shape index (κ1) is 20.0. The Morgan fingerprint density at radius 1 is 1.57 bits per heavy atom. The highest BCUT2D eigenvalue weighted by atomic mass is 16.6. The summed E-state index contributed by atoms with van der Waals surface area (Å²) in [7, 11) is 0. The van der Waals surface area contributed by atoms with Crippen LogP contribution in [0, 0.1) is 17.2 Å². The molecule has 2 aromatic heterocycles. The Morgan fingerprint density at radius 2 is 2.29 bits per heavy atom. The molecule has 0 amide bonds. The van der Waals surface area contributed by atoms with Crippen LogP contribution in [0.5, 0.6) is 0 Å². The number of nitrogens with two attached hydrogens (primary N) is 1. The van der Waals surface area contributed by atoms with Gasteiger partial charge in [0, 0.05) is 0 Å². The third kappa shape index (κ3) is 2.96. The molecule has 5 N–H and O–H groups in total. The molecule has 28 heavy (non-hydrogen) atoms. The Balaban J connectivity index is 2.12. The second kappa shape index (κ2) is 7.33. The van der Waals surface area contributed by atoms with E-state index in [0.29, 0.717) is 0 Å². The number of fused-ring (bicyclic) bond motifs is 1. The number of nitrogens with zero attached hydrogens (tertiary/aromatic N) is 3. The Morgan fingerprint density at radius 3 is 2.89 bits per heavy atom. The zero-order chi connectivity index (χ0) is 20.6. The summed E-state index contributed by atoms with van der Waals surface area (Å²) in [6.07, 6.45) is -3.05. The fraction of sp³-hybridized carbons (Fsp3) is 0.529. The normalized spacial score (nSPS) is 28.4. The smallest absolute Gasteiger partial charge is 0.323 e. The molecule has 1 fully saturated rings. The van der Waals surface area contributed by atoms with Gasteiger partial charge in [0.05, 0.1) is 12.3 Å². The number of hydrogen-bond donors (Lipinski definition) is 4. The first-order chi connectivity index (χ1) is 13.3. The second-order valence-electron chi connectivity index (χ2n) is 6.94. The molecule has 1 aliphatic rings. The van der Waals surface area contributed by atoms with Crippen molar-refractivity contribution in [2.24, 2.45) is 11.7 Å². The molecule has 1 saturated heterocycles. The van der Waals surface area contributed by atoms with Crippen LogP contribution in [0.3, 0.4) is 0 Å². The quantitative estimate of drug-likeness (QED) is 0.437. The van der Waals surface area contributed by atoms with Crippen molar-refractivity contribution in [3.8, 4) is 6.07 Å². The van der Waals surface area contributed by atoms with E-state index in [1.807, 2.05) is 6.07 Å². The summed E-state index contributed by atoms with van der Waals surface area (Å²) in [6, 6.07) is 3.77. The van der Waals surface area contributed by atoms with Crippen LogP contribution in [0.2, 0.25) is 0 Å². The number of aromatic nitrogens is 3. The van der Waals surface area contributed by atoms with Crippen molar-refractivity contribution in [2.75, 3.05) is 6.61 Å². The molecule has 0 saturated carbocycles. The molecular formula is C17H21N5O6. The summed E-state index contributed by atoms with van der Waals surface area (Å²) in [6.45, 7) is 2.82. The SMILES string of the molecule is CC(C)[C@H](N)C(=O)O[C@@H]1[C@H](O)[C@@H](CO)O[C@@]1(C#N)c1ccc2c(=O)[nH]cnn12. The highest BCUT2D eigenvalue weighted by molar-refractivity contribution is 5.76. The van der Waals surface area contributed by atoms with Crippen molar-refractivity contribution in [1.29, 1.82) is 5.26 Å². The van der Waals surface area contributed by atoms with Gasteiger partial charge in [-0.1, -0.05) is 13.8 Å². The molecule has 3 rings (SSSR count). The predicted molar refractivity (Wildman–Crippen MR) is 93.8 cm³/mol. The van der Waals surface area contributed by atoms with E-state index in [1.54, 1.807) is 13.8 Å². The fourth-order valence-corrected chi connectivity index (χ4v) is 3.16. The molecule has 11 nitrogen and oxygen atoms in total. The minimum atomic E-state index is -2.01. The highest BCUT2D eigenvalue weighted by Gasteiger charge is 2.60. The maximum atomic E-state index is 12.4. The number of aliphatic hydroxyl groups excluding tert-OH is 2. The topological polar surface area (TPSA) is 176 Å². The van der Waals surface area contributed by atoms with Crippen LogP contribution in [0.15, 0.2) is 23.3 Å². The van der Waals surface area contributed by atoms with Gasteiger partial charge in [-0.25, -0.2) is 4.52 Å². The zero-order valence-corrected chi connectivity index (χ0v) is 15.3. The molecule has 5 atom stereocenters. The minimum absolute atomic E-state index is 0.0713. The molecule has 1 aliphatic heterocycles. The van der Waals surface area contributed by atoms with Gasteiger partial charge in [0.2, 0.25) is 5.60 Å². The Kier molecular flexibility index (Phi) is 5.22. The van der Waals surface area contributed by atoms with Crippen LogP contribution in [0.4, 0.5) is 0 Å². The molecule has 0 aromatic carbocycles. The van der Waals surface area contributed by atoms with Gasteiger partial charge < -0.3 is 30.4 Å². The van der Waals surface area contributed by atoms with E-state index in [1.165, 1.54) is 12.1 Å². The lowest BCUT2D eigenvalue weighted by atomic mass is 9.92. The number of carbonyl (C=O) groups excluding carboxylic acids is 1. The predicted octanol–water partition coefficient (Wildman–Crippen LogP) is -1.61. The number of H-pyrrole nitrogens is 1. The molecule has 0 unspecified atom stereocenters. The maximum Gasteiger partial charge on any atom is 0.323 e. The van der Waals surface area contributed by atoms with Crippen molar-refractivity contribution < 1.29 is 24.5 Å². The first-order valence-corrected chi connectivity index (χ1v) is 8.66. The Hall–Kier alpha value is -2.78. The lowest BCUT2D eigenvalue weighted by molar-refractivity contribution is -0.162. The standard InChI is InChI=1S/C17H21N5O6/c1-8(2)12(19)16(26)27-14-13(24)10(5-23)28-17(14,6-18)11-4-3-9-15(25)20-7-21-22(9)11/h3-4,7-8,10,12-14,23-24H,5,19H2,1-2H3,(H,20,21,25)/t10-,12+,13-,14-,17+/m1/s1. The summed E-state index contributed by atoms with van der Waals surface area (Å²) in [5, 5.41) is 34.1. The number of ether oxygens (including phenoxy) is 2. The summed E-state index contributed by atoms with van der Waals surface area (Å²) in [5.74, 6) is -1.07. The van der Waals surface area contributed by atoms with Crippen LogP contribution in [0.1, 0.15) is 19.5 Å². The third-order valence-corrected chi connectivity index (χ3v) is 4.85. The number of hydrogen-bond acceptors (Lipinski definition) is 9.